The van der Waals surface area contributed by atoms with Gasteiger partial charge < -0.3 is 25.2 Å². The summed E-state index contributed by atoms with van der Waals surface area (Å²) in [6.45, 7) is -0.373. The zero-order valence-corrected chi connectivity index (χ0v) is 8.02. The number of aliphatic hydroxyl groups is 4. The summed E-state index contributed by atoms with van der Waals surface area (Å²) in [5, 5.41) is 36.8. The van der Waals surface area contributed by atoms with E-state index in [1.165, 1.54) is 11.8 Å². The van der Waals surface area contributed by atoms with E-state index in [1.54, 1.807) is 6.26 Å². The van der Waals surface area contributed by atoms with E-state index >= 15 is 0 Å². The molecular formula is C7H14O5S. The van der Waals surface area contributed by atoms with E-state index in [2.05, 4.69) is 0 Å². The summed E-state index contributed by atoms with van der Waals surface area (Å²) in [5.41, 5.74) is -0.601. The third kappa shape index (κ3) is 2.15. The molecule has 1 aliphatic rings. The van der Waals surface area contributed by atoms with Crippen LogP contribution in [-0.4, -0.2) is 63.1 Å². The highest BCUT2D eigenvalue weighted by Crippen LogP contribution is 2.26. The van der Waals surface area contributed by atoms with Crippen molar-refractivity contribution in [2.24, 2.45) is 0 Å². The first-order chi connectivity index (χ1) is 6.11. The van der Waals surface area contributed by atoms with Crippen LogP contribution < -0.4 is 0 Å². The minimum atomic E-state index is -1.26. The molecule has 1 saturated heterocycles. The quantitative estimate of drug-likeness (QED) is 0.428. The first-order valence-corrected chi connectivity index (χ1v) is 5.24. The fraction of sp³-hybridized carbons (Fsp3) is 1.00. The molecule has 6 heteroatoms. The SMILES string of the molecule is CS[C@H]1O[C@H](CO)[C@@H](O)[C@H](O)[C@@H]1O. The lowest BCUT2D eigenvalue weighted by atomic mass is 10.0. The van der Waals surface area contributed by atoms with Crippen molar-refractivity contribution in [3.63, 3.8) is 0 Å². The van der Waals surface area contributed by atoms with Crippen molar-refractivity contribution in [2.45, 2.75) is 29.9 Å². The van der Waals surface area contributed by atoms with Crippen molar-refractivity contribution in [1.82, 2.24) is 0 Å². The molecule has 0 aliphatic carbocycles. The van der Waals surface area contributed by atoms with Gasteiger partial charge in [-0.15, -0.1) is 11.8 Å². The fourth-order valence-electron chi connectivity index (χ4n) is 1.26. The Morgan fingerprint density at radius 3 is 2.23 bits per heavy atom. The number of aliphatic hydroxyl groups excluding tert-OH is 4. The number of thioether (sulfide) groups is 1. The largest absolute Gasteiger partial charge is 0.394 e. The summed E-state index contributed by atoms with van der Waals surface area (Å²) in [7, 11) is 0. The van der Waals surface area contributed by atoms with Crippen LogP contribution in [0.25, 0.3) is 0 Å². The van der Waals surface area contributed by atoms with Gasteiger partial charge in [0.25, 0.3) is 0 Å². The molecule has 0 amide bonds. The highest BCUT2D eigenvalue weighted by molar-refractivity contribution is 7.99. The summed E-state index contributed by atoms with van der Waals surface area (Å²) in [6, 6.07) is 0. The molecule has 0 aromatic carbocycles. The molecule has 0 aromatic rings. The highest BCUT2D eigenvalue weighted by Gasteiger charge is 2.42. The predicted molar refractivity (Wildman–Crippen MR) is 47.3 cm³/mol. The Hall–Kier alpha value is 0.150. The summed E-state index contributed by atoms with van der Waals surface area (Å²) in [5.74, 6) is 0. The fourth-order valence-corrected chi connectivity index (χ4v) is 1.96. The molecule has 78 valence electrons. The minimum Gasteiger partial charge on any atom is -0.394 e. The molecular weight excluding hydrogens is 196 g/mol. The van der Waals surface area contributed by atoms with Crippen LogP contribution in [0.5, 0.6) is 0 Å². The predicted octanol–water partition coefficient (Wildman–Crippen LogP) is -1.85. The second-order valence-corrected chi connectivity index (χ2v) is 3.87. The van der Waals surface area contributed by atoms with Crippen molar-refractivity contribution >= 4 is 11.8 Å². The van der Waals surface area contributed by atoms with Gasteiger partial charge in [-0.1, -0.05) is 0 Å². The topological polar surface area (TPSA) is 90.2 Å². The van der Waals surface area contributed by atoms with E-state index in [0.717, 1.165) is 0 Å². The molecule has 0 spiro atoms. The van der Waals surface area contributed by atoms with Crippen molar-refractivity contribution in [2.75, 3.05) is 12.9 Å². The molecule has 0 aromatic heterocycles. The van der Waals surface area contributed by atoms with Crippen LogP contribution in [0.2, 0.25) is 0 Å². The van der Waals surface area contributed by atoms with Crippen LogP contribution >= 0.6 is 11.8 Å². The maximum Gasteiger partial charge on any atom is 0.132 e. The van der Waals surface area contributed by atoms with E-state index in [4.69, 9.17) is 9.84 Å². The van der Waals surface area contributed by atoms with Crippen molar-refractivity contribution in [3.8, 4) is 0 Å². The second-order valence-electron chi connectivity index (χ2n) is 2.93. The van der Waals surface area contributed by atoms with Gasteiger partial charge in [0.1, 0.15) is 29.9 Å². The Balaban J connectivity index is 2.66. The van der Waals surface area contributed by atoms with Gasteiger partial charge in [-0.2, -0.15) is 0 Å². The van der Waals surface area contributed by atoms with Gasteiger partial charge in [-0.25, -0.2) is 0 Å². The van der Waals surface area contributed by atoms with E-state index in [9.17, 15) is 15.3 Å². The molecule has 1 aliphatic heterocycles. The normalized spacial score (nSPS) is 46.4. The van der Waals surface area contributed by atoms with Gasteiger partial charge in [0.05, 0.1) is 6.61 Å². The van der Waals surface area contributed by atoms with Crippen LogP contribution in [-0.2, 0) is 4.74 Å². The molecule has 5 nitrogen and oxygen atoms in total. The average Bonchev–Trinajstić information content (AvgIpc) is 2.15. The van der Waals surface area contributed by atoms with Crippen LogP contribution in [0.1, 0.15) is 0 Å². The first kappa shape index (κ1) is 11.2. The summed E-state index contributed by atoms with van der Waals surface area (Å²) in [4.78, 5) is 0. The van der Waals surface area contributed by atoms with Gasteiger partial charge in [-0.3, -0.25) is 0 Å². The van der Waals surface area contributed by atoms with Gasteiger partial charge in [0.15, 0.2) is 0 Å². The summed E-state index contributed by atoms with van der Waals surface area (Å²) in [6.07, 6.45) is -2.72. The Bertz CT molecular complexity index is 147. The average molecular weight is 210 g/mol. The minimum absolute atomic E-state index is 0.373. The molecule has 4 N–H and O–H groups in total. The van der Waals surface area contributed by atoms with Crippen molar-refractivity contribution < 1.29 is 25.2 Å². The lowest BCUT2D eigenvalue weighted by Crippen LogP contribution is -2.57. The first-order valence-electron chi connectivity index (χ1n) is 3.95. The van der Waals surface area contributed by atoms with E-state index in [0.29, 0.717) is 0 Å². The Morgan fingerprint density at radius 2 is 1.77 bits per heavy atom. The zero-order chi connectivity index (χ0) is 10.0. The Kier molecular flexibility index (Phi) is 3.96. The Labute approximate surface area is 80.3 Å². The number of hydrogen-bond donors (Lipinski definition) is 4. The van der Waals surface area contributed by atoms with Crippen LogP contribution in [0.3, 0.4) is 0 Å². The van der Waals surface area contributed by atoms with Gasteiger partial charge in [0.2, 0.25) is 0 Å². The second kappa shape index (κ2) is 4.59. The smallest absolute Gasteiger partial charge is 0.132 e. The number of rotatable bonds is 2. The standard InChI is InChI=1S/C7H14O5S/c1-13-7-6(11)5(10)4(9)3(2-8)12-7/h3-11H,2H2,1H3/t3-,4-,5+,6+,7-/m1/s1. The molecule has 0 bridgehead atoms. The Morgan fingerprint density at radius 1 is 1.15 bits per heavy atom. The highest BCUT2D eigenvalue weighted by atomic mass is 32.2. The molecule has 0 radical (unpaired) electrons. The van der Waals surface area contributed by atoms with Crippen LogP contribution in [0, 0.1) is 0 Å². The monoisotopic (exact) mass is 210 g/mol. The third-order valence-corrected chi connectivity index (χ3v) is 2.94. The zero-order valence-electron chi connectivity index (χ0n) is 7.20. The summed E-state index contributed by atoms with van der Waals surface area (Å²) >= 11 is 1.22. The summed E-state index contributed by atoms with van der Waals surface area (Å²) < 4.78 is 5.13. The van der Waals surface area contributed by atoms with Crippen LogP contribution in [0.4, 0.5) is 0 Å². The van der Waals surface area contributed by atoms with Gasteiger partial charge in [-0.05, 0) is 6.26 Å². The van der Waals surface area contributed by atoms with E-state index < -0.39 is 29.9 Å². The number of ether oxygens (including phenoxy) is 1. The molecule has 13 heavy (non-hydrogen) atoms. The molecule has 5 atom stereocenters. The third-order valence-electron chi connectivity index (χ3n) is 2.08. The van der Waals surface area contributed by atoms with Crippen LogP contribution in [0.15, 0.2) is 0 Å². The molecule has 0 saturated carbocycles. The van der Waals surface area contributed by atoms with Crippen molar-refractivity contribution in [3.05, 3.63) is 0 Å². The molecule has 1 fully saturated rings. The van der Waals surface area contributed by atoms with Gasteiger partial charge >= 0.3 is 0 Å². The number of hydrogen-bond acceptors (Lipinski definition) is 6. The lowest BCUT2D eigenvalue weighted by Gasteiger charge is -2.39. The van der Waals surface area contributed by atoms with Gasteiger partial charge in [0, 0.05) is 0 Å². The maximum atomic E-state index is 9.38. The van der Waals surface area contributed by atoms with Crippen molar-refractivity contribution in [1.29, 1.82) is 0 Å². The molecule has 1 rings (SSSR count). The molecule has 1 heterocycles. The van der Waals surface area contributed by atoms with E-state index in [-0.39, 0.29) is 6.61 Å². The van der Waals surface area contributed by atoms with E-state index in [1.807, 2.05) is 0 Å². The molecule has 0 unspecified atom stereocenters. The lowest BCUT2D eigenvalue weighted by molar-refractivity contribution is -0.205. The maximum absolute atomic E-state index is 9.38.